The zero-order valence-electron chi connectivity index (χ0n) is 17.3. The van der Waals surface area contributed by atoms with Crippen LogP contribution >= 0.6 is 11.8 Å². The Morgan fingerprint density at radius 3 is 2.59 bits per heavy atom. The molecule has 11 heteroatoms. The number of fused-ring (bicyclic) bond motifs is 2. The predicted molar refractivity (Wildman–Crippen MR) is 111 cm³/mol. The van der Waals surface area contributed by atoms with Gasteiger partial charge in [0.2, 0.25) is 5.43 Å². The molecular formula is C21H20F3N3O4S. The van der Waals surface area contributed by atoms with Crippen LogP contribution in [0.4, 0.5) is 13.2 Å². The van der Waals surface area contributed by atoms with E-state index in [4.69, 9.17) is 4.74 Å². The Morgan fingerprint density at radius 2 is 1.94 bits per heavy atom. The van der Waals surface area contributed by atoms with E-state index in [0.29, 0.717) is 18.7 Å². The van der Waals surface area contributed by atoms with Gasteiger partial charge >= 0.3 is 0 Å². The van der Waals surface area contributed by atoms with Crippen LogP contribution in [0.3, 0.4) is 0 Å². The van der Waals surface area contributed by atoms with Crippen molar-refractivity contribution in [3.63, 3.8) is 0 Å². The Hall–Kier alpha value is -2.95. The third-order valence-electron chi connectivity index (χ3n) is 5.64. The van der Waals surface area contributed by atoms with Gasteiger partial charge in [-0.3, -0.25) is 14.4 Å². The summed E-state index contributed by atoms with van der Waals surface area (Å²) in [6.45, 7) is 1.71. The molecule has 1 unspecified atom stereocenters. The number of ether oxygens (including phenoxy) is 1. The Morgan fingerprint density at radius 1 is 1.25 bits per heavy atom. The zero-order chi connectivity index (χ0) is 23.2. The average molecular weight is 467 g/mol. The minimum Gasteiger partial charge on any atom is -0.491 e. The third-order valence-corrected chi connectivity index (χ3v) is 6.87. The van der Waals surface area contributed by atoms with Crippen LogP contribution in [0.15, 0.2) is 23.1 Å². The highest BCUT2D eigenvalue weighted by molar-refractivity contribution is 7.99. The van der Waals surface area contributed by atoms with Crippen molar-refractivity contribution < 1.29 is 27.5 Å². The minimum atomic E-state index is -1.16. The van der Waals surface area contributed by atoms with Crippen LogP contribution < -0.4 is 15.5 Å². The van der Waals surface area contributed by atoms with Crippen LogP contribution in [-0.4, -0.2) is 45.6 Å². The van der Waals surface area contributed by atoms with E-state index in [0.717, 1.165) is 12.2 Å². The maximum atomic E-state index is 13.9. The lowest BCUT2D eigenvalue weighted by Gasteiger charge is -2.44. The van der Waals surface area contributed by atoms with E-state index in [1.165, 1.54) is 17.9 Å². The van der Waals surface area contributed by atoms with Gasteiger partial charge in [0.05, 0.1) is 19.0 Å². The number of amides is 2. The van der Waals surface area contributed by atoms with Crippen LogP contribution in [0, 0.1) is 17.5 Å². The Balaban J connectivity index is 1.67. The summed E-state index contributed by atoms with van der Waals surface area (Å²) in [6.07, 6.45) is 2.10. The molecule has 0 radical (unpaired) electrons. The largest absolute Gasteiger partial charge is 0.491 e. The molecule has 0 bridgehead atoms. The van der Waals surface area contributed by atoms with Gasteiger partial charge < -0.3 is 19.5 Å². The van der Waals surface area contributed by atoms with Crippen LogP contribution in [0.25, 0.3) is 0 Å². The number of hydrogen-bond donors (Lipinski definition) is 1. The van der Waals surface area contributed by atoms with Crippen molar-refractivity contribution in [2.45, 2.75) is 37.8 Å². The number of benzene rings is 1. The van der Waals surface area contributed by atoms with E-state index < -0.39 is 40.9 Å². The Kier molecular flexibility index (Phi) is 5.93. The Labute approximate surface area is 185 Å². The SMILES string of the molecule is COc1c2n(cc(C(=O)NCc3c(F)cc(F)cc3F)c1=O)CC1SCC[C@@H](C)N1C2=O. The van der Waals surface area contributed by atoms with E-state index in [2.05, 4.69) is 5.32 Å². The standard InChI is InChI=1S/C21H20F3N3O4S/c1-10-3-4-32-16-9-26-8-13(18(28)19(31-2)17(26)21(30)27(10)16)20(29)25-7-12-14(23)5-11(22)6-15(12)24/h5-6,8,10,16H,3-4,7,9H2,1-2H3,(H,25,29)/t10-,16?/m1/s1. The molecule has 7 nitrogen and oxygen atoms in total. The number of aromatic nitrogens is 1. The van der Waals surface area contributed by atoms with Crippen molar-refractivity contribution in [3.8, 4) is 5.75 Å². The van der Waals surface area contributed by atoms with Gasteiger partial charge in [0.1, 0.15) is 23.0 Å². The quantitative estimate of drug-likeness (QED) is 0.748. The van der Waals surface area contributed by atoms with Gasteiger partial charge in [-0.05, 0) is 19.1 Å². The van der Waals surface area contributed by atoms with Gasteiger partial charge in [0.25, 0.3) is 11.8 Å². The maximum absolute atomic E-state index is 13.9. The fraction of sp³-hybridized carbons (Fsp3) is 0.381. The second-order valence-electron chi connectivity index (χ2n) is 7.61. The third kappa shape index (κ3) is 3.74. The molecule has 2 amide bonds. The first-order chi connectivity index (χ1) is 15.2. The molecule has 1 N–H and O–H groups in total. The number of pyridine rings is 1. The number of methoxy groups -OCH3 is 1. The normalized spacial score (nSPS) is 19.9. The van der Waals surface area contributed by atoms with Gasteiger partial charge in [0.15, 0.2) is 11.4 Å². The molecule has 170 valence electrons. The molecule has 0 spiro atoms. The van der Waals surface area contributed by atoms with E-state index in [-0.39, 0.29) is 34.3 Å². The van der Waals surface area contributed by atoms with Gasteiger partial charge in [-0.2, -0.15) is 0 Å². The van der Waals surface area contributed by atoms with Gasteiger partial charge in [-0.1, -0.05) is 0 Å². The second kappa shape index (κ2) is 8.53. The highest BCUT2D eigenvalue weighted by Crippen LogP contribution is 2.35. The number of thioether (sulfide) groups is 1. The lowest BCUT2D eigenvalue weighted by Crippen LogP contribution is -2.54. The van der Waals surface area contributed by atoms with Crippen molar-refractivity contribution in [2.75, 3.05) is 12.9 Å². The molecule has 2 aromatic rings. The number of halogens is 3. The summed E-state index contributed by atoms with van der Waals surface area (Å²) >= 11 is 1.61. The predicted octanol–water partition coefficient (Wildman–Crippen LogP) is 2.51. The molecule has 4 rings (SSSR count). The van der Waals surface area contributed by atoms with Crippen molar-refractivity contribution in [3.05, 3.63) is 62.8 Å². The maximum Gasteiger partial charge on any atom is 0.275 e. The number of carbonyl (C=O) groups excluding carboxylic acids is 2. The molecular weight excluding hydrogens is 447 g/mol. The van der Waals surface area contributed by atoms with Crippen LogP contribution in [0.2, 0.25) is 0 Å². The lowest BCUT2D eigenvalue weighted by atomic mass is 10.1. The Bertz CT molecular complexity index is 1150. The van der Waals surface area contributed by atoms with Crippen molar-refractivity contribution in [2.24, 2.45) is 0 Å². The molecule has 3 heterocycles. The van der Waals surface area contributed by atoms with E-state index >= 15 is 0 Å². The smallest absolute Gasteiger partial charge is 0.275 e. The summed E-state index contributed by atoms with van der Waals surface area (Å²) in [5.41, 5.74) is -1.61. The first kappa shape index (κ1) is 22.3. The zero-order valence-corrected chi connectivity index (χ0v) is 18.1. The minimum absolute atomic E-state index is 0.00536. The first-order valence-corrected chi connectivity index (χ1v) is 10.9. The topological polar surface area (TPSA) is 80.6 Å². The molecule has 2 aliphatic heterocycles. The monoisotopic (exact) mass is 467 g/mol. The number of hydrogen-bond acceptors (Lipinski definition) is 5. The summed E-state index contributed by atoms with van der Waals surface area (Å²) in [7, 11) is 1.23. The molecule has 1 aromatic heterocycles. The molecule has 1 saturated heterocycles. The van der Waals surface area contributed by atoms with Crippen LogP contribution in [0.1, 0.15) is 39.8 Å². The molecule has 1 fully saturated rings. The fourth-order valence-electron chi connectivity index (χ4n) is 4.00. The van der Waals surface area contributed by atoms with Crippen molar-refractivity contribution in [1.82, 2.24) is 14.8 Å². The molecule has 0 aliphatic carbocycles. The number of nitrogens with one attached hydrogen (secondary N) is 1. The summed E-state index contributed by atoms with van der Waals surface area (Å²) in [5.74, 6) is -4.02. The lowest BCUT2D eigenvalue weighted by molar-refractivity contribution is 0.0573. The van der Waals surface area contributed by atoms with Crippen LogP contribution in [0.5, 0.6) is 5.75 Å². The van der Waals surface area contributed by atoms with Gasteiger partial charge in [0, 0.05) is 36.5 Å². The summed E-state index contributed by atoms with van der Waals surface area (Å²) in [6, 6.07) is 1.01. The van der Waals surface area contributed by atoms with Gasteiger partial charge in [-0.25, -0.2) is 13.2 Å². The van der Waals surface area contributed by atoms with E-state index in [1.54, 1.807) is 16.7 Å². The molecule has 2 aliphatic rings. The molecule has 1 aromatic carbocycles. The molecule has 32 heavy (non-hydrogen) atoms. The van der Waals surface area contributed by atoms with Crippen LogP contribution in [-0.2, 0) is 13.1 Å². The van der Waals surface area contributed by atoms with E-state index in [1.807, 2.05) is 6.92 Å². The van der Waals surface area contributed by atoms with Crippen molar-refractivity contribution in [1.29, 1.82) is 0 Å². The average Bonchev–Trinajstić information content (AvgIpc) is 2.73. The molecule has 2 atom stereocenters. The number of nitrogens with zero attached hydrogens (tertiary/aromatic N) is 2. The van der Waals surface area contributed by atoms with E-state index in [9.17, 15) is 27.6 Å². The molecule has 0 saturated carbocycles. The second-order valence-corrected chi connectivity index (χ2v) is 8.90. The fourth-order valence-corrected chi connectivity index (χ4v) is 5.48. The van der Waals surface area contributed by atoms with Crippen molar-refractivity contribution >= 4 is 23.6 Å². The highest BCUT2D eigenvalue weighted by atomic mass is 32.2. The summed E-state index contributed by atoms with van der Waals surface area (Å²) < 4.78 is 47.5. The summed E-state index contributed by atoms with van der Waals surface area (Å²) in [4.78, 5) is 40.5. The van der Waals surface area contributed by atoms with Gasteiger partial charge in [-0.15, -0.1) is 11.8 Å². The first-order valence-electron chi connectivity index (χ1n) is 9.90. The number of carbonyl (C=O) groups is 2. The summed E-state index contributed by atoms with van der Waals surface area (Å²) in [5, 5.41) is 2.13. The highest BCUT2D eigenvalue weighted by Gasteiger charge is 2.41. The number of rotatable bonds is 4.